The number of anilines is 1. The molecule has 0 unspecified atom stereocenters. The van der Waals surface area contributed by atoms with Crippen molar-refractivity contribution in [1.82, 2.24) is 14.8 Å². The first kappa shape index (κ1) is 24.4. The number of rotatable bonds is 9. The van der Waals surface area contributed by atoms with Crippen molar-refractivity contribution in [1.29, 1.82) is 5.26 Å². The summed E-state index contributed by atoms with van der Waals surface area (Å²) >= 11 is 0. The number of pyridine rings is 1. The Labute approximate surface area is 212 Å². The van der Waals surface area contributed by atoms with E-state index in [1.807, 2.05) is 18.2 Å². The molecular weight excluding hydrogens is 454 g/mol. The van der Waals surface area contributed by atoms with Crippen molar-refractivity contribution in [3.05, 3.63) is 36.1 Å². The van der Waals surface area contributed by atoms with Crippen LogP contribution in [0.2, 0.25) is 0 Å². The highest BCUT2D eigenvalue weighted by Gasteiger charge is 2.20. The second kappa shape index (κ2) is 11.2. The summed E-state index contributed by atoms with van der Waals surface area (Å²) in [7, 11) is 3.84. The molecular formula is C28H35N5O3. The SMILES string of the molecule is COc1cc2c(NC3CCN(C)CC3)cc(-c3ccc(C#N)o3)nc2cc1OCCCN1CCCC1. The molecule has 2 saturated heterocycles. The molecule has 190 valence electrons. The maximum absolute atomic E-state index is 9.21. The van der Waals surface area contributed by atoms with Crippen LogP contribution in [0, 0.1) is 11.3 Å². The topological polar surface area (TPSA) is 86.8 Å². The van der Waals surface area contributed by atoms with E-state index in [0.717, 1.165) is 55.5 Å². The molecule has 0 amide bonds. The van der Waals surface area contributed by atoms with Crippen LogP contribution < -0.4 is 14.8 Å². The number of piperidine rings is 1. The molecule has 5 rings (SSSR count). The molecule has 0 bridgehead atoms. The molecule has 3 aromatic rings. The van der Waals surface area contributed by atoms with E-state index in [2.05, 4.69) is 28.2 Å². The highest BCUT2D eigenvalue weighted by molar-refractivity contribution is 5.95. The average molecular weight is 490 g/mol. The van der Waals surface area contributed by atoms with Crippen molar-refractivity contribution >= 4 is 16.6 Å². The molecule has 2 aromatic heterocycles. The van der Waals surface area contributed by atoms with Crippen molar-refractivity contribution in [2.75, 3.05) is 58.8 Å². The Morgan fingerprint density at radius 1 is 1.11 bits per heavy atom. The molecule has 0 atom stereocenters. The maximum atomic E-state index is 9.21. The summed E-state index contributed by atoms with van der Waals surface area (Å²) < 4.78 is 17.6. The van der Waals surface area contributed by atoms with Gasteiger partial charge in [-0.1, -0.05) is 0 Å². The number of nitrogens with zero attached hydrogens (tertiary/aromatic N) is 4. The number of aromatic nitrogens is 1. The summed E-state index contributed by atoms with van der Waals surface area (Å²) in [4.78, 5) is 9.74. The van der Waals surface area contributed by atoms with Gasteiger partial charge in [0.2, 0.25) is 5.76 Å². The summed E-state index contributed by atoms with van der Waals surface area (Å²) in [5, 5.41) is 13.9. The van der Waals surface area contributed by atoms with E-state index in [0.29, 0.717) is 35.6 Å². The van der Waals surface area contributed by atoms with E-state index in [1.165, 1.54) is 25.9 Å². The van der Waals surface area contributed by atoms with Crippen LogP contribution in [0.15, 0.2) is 34.7 Å². The molecule has 0 saturated carbocycles. The standard InChI is InChI=1S/C28H35N5O3/c1-32-13-8-20(9-14-32)30-23-17-25(26-7-6-21(19-29)36-26)31-24-18-28(27(34-2)16-22(23)24)35-15-5-12-33-10-3-4-11-33/h6-7,16-18,20H,3-5,8-15H2,1-2H3,(H,30,31). The quantitative estimate of drug-likeness (QED) is 0.431. The summed E-state index contributed by atoms with van der Waals surface area (Å²) in [6.45, 7) is 6.20. The summed E-state index contributed by atoms with van der Waals surface area (Å²) in [6, 6.07) is 11.9. The van der Waals surface area contributed by atoms with Gasteiger partial charge in [0, 0.05) is 29.7 Å². The number of hydrogen-bond donors (Lipinski definition) is 1. The third-order valence-electron chi connectivity index (χ3n) is 7.22. The average Bonchev–Trinajstić information content (AvgIpc) is 3.60. The van der Waals surface area contributed by atoms with Gasteiger partial charge < -0.3 is 29.0 Å². The Bertz CT molecular complexity index is 1220. The minimum Gasteiger partial charge on any atom is -0.493 e. The number of hydrogen-bond acceptors (Lipinski definition) is 8. The number of fused-ring (bicyclic) bond motifs is 1. The Kier molecular flexibility index (Phi) is 7.59. The Morgan fingerprint density at radius 2 is 1.92 bits per heavy atom. The molecule has 0 radical (unpaired) electrons. The van der Waals surface area contributed by atoms with Crippen LogP contribution in [0.1, 0.15) is 37.9 Å². The van der Waals surface area contributed by atoms with Crippen molar-refractivity contribution in [2.45, 2.75) is 38.1 Å². The Hall–Kier alpha value is -3.28. The fraction of sp³-hybridized carbons (Fsp3) is 0.500. The largest absolute Gasteiger partial charge is 0.493 e. The van der Waals surface area contributed by atoms with Crippen LogP contribution >= 0.6 is 0 Å². The number of likely N-dealkylation sites (tertiary alicyclic amines) is 2. The van der Waals surface area contributed by atoms with Crippen molar-refractivity contribution in [3.63, 3.8) is 0 Å². The molecule has 1 N–H and O–H groups in total. The molecule has 36 heavy (non-hydrogen) atoms. The van der Waals surface area contributed by atoms with Gasteiger partial charge in [0.1, 0.15) is 11.8 Å². The molecule has 0 spiro atoms. The fourth-order valence-corrected chi connectivity index (χ4v) is 5.14. The monoisotopic (exact) mass is 489 g/mol. The van der Waals surface area contributed by atoms with Gasteiger partial charge >= 0.3 is 0 Å². The van der Waals surface area contributed by atoms with Gasteiger partial charge in [-0.2, -0.15) is 5.26 Å². The van der Waals surface area contributed by atoms with Gasteiger partial charge in [0.15, 0.2) is 17.3 Å². The van der Waals surface area contributed by atoms with Gasteiger partial charge in [0.25, 0.3) is 0 Å². The number of methoxy groups -OCH3 is 1. The first-order valence-corrected chi connectivity index (χ1v) is 13.0. The minimum atomic E-state index is 0.272. The molecule has 0 aliphatic carbocycles. The lowest BCUT2D eigenvalue weighted by Gasteiger charge is -2.30. The van der Waals surface area contributed by atoms with E-state index in [1.54, 1.807) is 19.2 Å². The van der Waals surface area contributed by atoms with Gasteiger partial charge in [-0.3, -0.25) is 0 Å². The van der Waals surface area contributed by atoms with E-state index >= 15 is 0 Å². The normalized spacial score (nSPS) is 17.4. The number of benzene rings is 1. The van der Waals surface area contributed by atoms with Crippen LogP contribution in [0.3, 0.4) is 0 Å². The number of furan rings is 1. The summed E-state index contributed by atoms with van der Waals surface area (Å²) in [6.07, 6.45) is 5.72. The van der Waals surface area contributed by atoms with Crippen molar-refractivity contribution in [3.8, 4) is 29.0 Å². The molecule has 8 nitrogen and oxygen atoms in total. The first-order chi connectivity index (χ1) is 17.6. The molecule has 2 aliphatic rings. The molecule has 1 aromatic carbocycles. The van der Waals surface area contributed by atoms with Gasteiger partial charge in [-0.15, -0.1) is 0 Å². The van der Waals surface area contributed by atoms with Crippen LogP contribution in [-0.4, -0.2) is 74.3 Å². The van der Waals surface area contributed by atoms with E-state index in [9.17, 15) is 5.26 Å². The van der Waals surface area contributed by atoms with Gasteiger partial charge in [-0.25, -0.2) is 4.98 Å². The number of ether oxygens (including phenoxy) is 2. The predicted octanol–water partition coefficient (Wildman–Crippen LogP) is 4.75. The molecule has 2 aliphatic heterocycles. The third kappa shape index (κ3) is 5.58. The Balaban J connectivity index is 1.44. The van der Waals surface area contributed by atoms with Crippen molar-refractivity contribution in [2.24, 2.45) is 0 Å². The first-order valence-electron chi connectivity index (χ1n) is 13.0. The third-order valence-corrected chi connectivity index (χ3v) is 7.22. The Morgan fingerprint density at radius 3 is 2.64 bits per heavy atom. The molecule has 8 heteroatoms. The predicted molar refractivity (Wildman–Crippen MR) is 141 cm³/mol. The lowest BCUT2D eigenvalue weighted by atomic mass is 10.0. The van der Waals surface area contributed by atoms with Crippen molar-refractivity contribution < 1.29 is 13.9 Å². The zero-order valence-corrected chi connectivity index (χ0v) is 21.3. The maximum Gasteiger partial charge on any atom is 0.204 e. The van der Waals surface area contributed by atoms with E-state index in [-0.39, 0.29) is 5.76 Å². The van der Waals surface area contributed by atoms with Crippen LogP contribution in [0.25, 0.3) is 22.4 Å². The second-order valence-electron chi connectivity index (χ2n) is 9.82. The lowest BCUT2D eigenvalue weighted by Crippen LogP contribution is -2.36. The molecule has 4 heterocycles. The zero-order valence-electron chi connectivity index (χ0n) is 21.3. The van der Waals surface area contributed by atoms with Crippen LogP contribution in [0.4, 0.5) is 5.69 Å². The zero-order chi connectivity index (χ0) is 24.9. The smallest absolute Gasteiger partial charge is 0.204 e. The van der Waals surface area contributed by atoms with Crippen LogP contribution in [-0.2, 0) is 0 Å². The fourth-order valence-electron chi connectivity index (χ4n) is 5.14. The number of nitriles is 1. The van der Waals surface area contributed by atoms with Crippen LogP contribution in [0.5, 0.6) is 11.5 Å². The molecule has 2 fully saturated rings. The van der Waals surface area contributed by atoms with Gasteiger partial charge in [0.05, 0.1) is 19.2 Å². The van der Waals surface area contributed by atoms with E-state index < -0.39 is 0 Å². The highest BCUT2D eigenvalue weighted by atomic mass is 16.5. The van der Waals surface area contributed by atoms with Gasteiger partial charge in [-0.05, 0) is 89.6 Å². The lowest BCUT2D eigenvalue weighted by molar-refractivity contribution is 0.254. The second-order valence-corrected chi connectivity index (χ2v) is 9.82. The highest BCUT2D eigenvalue weighted by Crippen LogP contribution is 2.38. The summed E-state index contributed by atoms with van der Waals surface area (Å²) in [5.41, 5.74) is 2.47. The number of nitrogens with one attached hydrogen (secondary N) is 1. The summed E-state index contributed by atoms with van der Waals surface area (Å²) in [5.74, 6) is 2.24. The van der Waals surface area contributed by atoms with E-state index in [4.69, 9.17) is 18.9 Å². The minimum absolute atomic E-state index is 0.272.